The first kappa shape index (κ1) is 14.3. The van der Waals surface area contributed by atoms with Crippen molar-refractivity contribution in [3.8, 4) is 5.75 Å². The van der Waals surface area contributed by atoms with E-state index >= 15 is 0 Å². The fraction of sp³-hybridized carbons (Fsp3) is 0.600. The Morgan fingerprint density at radius 1 is 1.33 bits per heavy atom. The van der Waals surface area contributed by atoms with Gasteiger partial charge < -0.3 is 15.2 Å². The first-order valence-corrected chi connectivity index (χ1v) is 7.49. The van der Waals surface area contributed by atoms with Gasteiger partial charge in [0.25, 0.3) is 0 Å². The lowest BCUT2D eigenvalue weighted by molar-refractivity contribution is -0.386. The van der Waals surface area contributed by atoms with E-state index in [0.717, 1.165) is 18.4 Å². The summed E-state index contributed by atoms with van der Waals surface area (Å²) < 4.78 is 5.72. The maximum absolute atomic E-state index is 11.1. The zero-order chi connectivity index (χ0) is 14.8. The fourth-order valence-electron chi connectivity index (χ4n) is 2.67. The molecule has 2 aliphatic carbocycles. The number of hydrogen-bond donors (Lipinski definition) is 2. The van der Waals surface area contributed by atoms with E-state index in [-0.39, 0.29) is 17.5 Å². The Morgan fingerprint density at radius 2 is 2.14 bits per heavy atom. The number of aliphatic hydroxyl groups is 1. The fourth-order valence-corrected chi connectivity index (χ4v) is 2.67. The van der Waals surface area contributed by atoms with Crippen LogP contribution in [0.15, 0.2) is 18.2 Å². The third-order valence-corrected chi connectivity index (χ3v) is 4.09. The molecular formula is C15H20N2O4. The van der Waals surface area contributed by atoms with Gasteiger partial charge in [-0.2, -0.15) is 0 Å². The third kappa shape index (κ3) is 3.51. The highest BCUT2D eigenvalue weighted by Gasteiger charge is 2.29. The average molecular weight is 292 g/mol. The minimum absolute atomic E-state index is 0.0377. The lowest BCUT2D eigenvalue weighted by Gasteiger charge is -2.17. The van der Waals surface area contributed by atoms with Crippen molar-refractivity contribution < 1.29 is 14.8 Å². The van der Waals surface area contributed by atoms with Crippen LogP contribution in [0.1, 0.15) is 37.7 Å². The molecule has 2 N–H and O–H groups in total. The highest BCUT2D eigenvalue weighted by atomic mass is 16.6. The molecule has 2 aliphatic rings. The number of hydrogen-bond acceptors (Lipinski definition) is 5. The second-order valence-corrected chi connectivity index (χ2v) is 5.87. The van der Waals surface area contributed by atoms with Crippen molar-refractivity contribution in [3.05, 3.63) is 33.9 Å². The molecule has 2 fully saturated rings. The Labute approximate surface area is 123 Å². The van der Waals surface area contributed by atoms with Gasteiger partial charge >= 0.3 is 5.69 Å². The van der Waals surface area contributed by atoms with Gasteiger partial charge in [-0.05, 0) is 43.7 Å². The molecule has 0 heterocycles. The van der Waals surface area contributed by atoms with E-state index in [1.165, 1.54) is 18.9 Å². The normalized spacial score (nSPS) is 25.0. The summed E-state index contributed by atoms with van der Waals surface area (Å²) in [6.45, 7) is 0.687. The molecule has 0 radical (unpaired) electrons. The lowest BCUT2D eigenvalue weighted by atomic mass is 10.1. The summed E-state index contributed by atoms with van der Waals surface area (Å²) in [7, 11) is 0. The highest BCUT2D eigenvalue weighted by molar-refractivity contribution is 5.48. The largest absolute Gasteiger partial charge is 0.481 e. The first-order valence-electron chi connectivity index (χ1n) is 7.49. The summed E-state index contributed by atoms with van der Waals surface area (Å²) in [4.78, 5) is 10.7. The van der Waals surface area contributed by atoms with E-state index in [1.54, 1.807) is 12.1 Å². The maximum Gasteiger partial charge on any atom is 0.310 e. The van der Waals surface area contributed by atoms with Crippen LogP contribution < -0.4 is 10.1 Å². The van der Waals surface area contributed by atoms with Gasteiger partial charge in [-0.25, -0.2) is 0 Å². The van der Waals surface area contributed by atoms with Crippen LogP contribution in [0.2, 0.25) is 0 Å². The van der Waals surface area contributed by atoms with Crippen molar-refractivity contribution >= 4 is 5.69 Å². The summed E-state index contributed by atoms with van der Waals surface area (Å²) in [6, 6.07) is 5.55. The molecule has 6 nitrogen and oxygen atoms in total. The molecule has 0 aliphatic heterocycles. The Morgan fingerprint density at radius 3 is 2.76 bits per heavy atom. The number of rotatable bonds is 6. The minimum atomic E-state index is -0.530. The molecule has 0 spiro atoms. The van der Waals surface area contributed by atoms with Gasteiger partial charge in [0.15, 0.2) is 5.75 Å². The Kier molecular flexibility index (Phi) is 4.07. The van der Waals surface area contributed by atoms with E-state index < -0.39 is 11.0 Å². The van der Waals surface area contributed by atoms with Crippen molar-refractivity contribution in [2.45, 2.75) is 56.9 Å². The first-order chi connectivity index (χ1) is 10.1. The predicted molar refractivity (Wildman–Crippen MR) is 77.2 cm³/mol. The SMILES string of the molecule is O=[N+]([O-])c1ccc(CNC2CC2)cc1OC1CCCC1O. The number of ether oxygens (including phenoxy) is 1. The molecule has 114 valence electrons. The van der Waals surface area contributed by atoms with Crippen LogP contribution in [0.5, 0.6) is 5.75 Å². The zero-order valence-electron chi connectivity index (χ0n) is 11.8. The summed E-state index contributed by atoms with van der Waals surface area (Å²) in [6.07, 6.45) is 3.86. The molecule has 0 saturated heterocycles. The van der Waals surface area contributed by atoms with Crippen molar-refractivity contribution in [2.24, 2.45) is 0 Å². The van der Waals surface area contributed by atoms with Crippen molar-refractivity contribution in [2.75, 3.05) is 0 Å². The molecule has 0 aromatic heterocycles. The number of nitrogens with zero attached hydrogens (tertiary/aromatic N) is 1. The summed E-state index contributed by atoms with van der Waals surface area (Å²) in [5.41, 5.74) is 0.930. The third-order valence-electron chi connectivity index (χ3n) is 4.09. The molecule has 1 aromatic carbocycles. The summed E-state index contributed by atoms with van der Waals surface area (Å²) >= 11 is 0. The minimum Gasteiger partial charge on any atom is -0.481 e. The number of nitro groups is 1. The monoisotopic (exact) mass is 292 g/mol. The molecule has 0 bridgehead atoms. The van der Waals surface area contributed by atoms with Gasteiger partial charge in [0.05, 0.1) is 11.0 Å². The molecule has 2 saturated carbocycles. The van der Waals surface area contributed by atoms with Gasteiger partial charge in [0, 0.05) is 18.7 Å². The van der Waals surface area contributed by atoms with Crippen molar-refractivity contribution in [3.63, 3.8) is 0 Å². The predicted octanol–water partition coefficient (Wildman–Crippen LogP) is 2.14. The molecule has 0 amide bonds. The second-order valence-electron chi connectivity index (χ2n) is 5.87. The zero-order valence-corrected chi connectivity index (χ0v) is 11.8. The number of aliphatic hydroxyl groups excluding tert-OH is 1. The quantitative estimate of drug-likeness (QED) is 0.620. The Bertz CT molecular complexity index is 530. The topological polar surface area (TPSA) is 84.6 Å². The Balaban J connectivity index is 1.76. The van der Waals surface area contributed by atoms with Gasteiger partial charge in [-0.3, -0.25) is 10.1 Å². The second kappa shape index (κ2) is 5.99. The van der Waals surface area contributed by atoms with Crippen LogP contribution >= 0.6 is 0 Å². The van der Waals surface area contributed by atoms with E-state index in [0.29, 0.717) is 19.0 Å². The van der Waals surface area contributed by atoms with Gasteiger partial charge in [0.2, 0.25) is 0 Å². The molecule has 3 rings (SSSR count). The van der Waals surface area contributed by atoms with Crippen LogP contribution in [0.3, 0.4) is 0 Å². The molecule has 1 aromatic rings. The maximum atomic E-state index is 11.1. The highest BCUT2D eigenvalue weighted by Crippen LogP contribution is 2.32. The molecule has 21 heavy (non-hydrogen) atoms. The van der Waals surface area contributed by atoms with E-state index in [4.69, 9.17) is 4.74 Å². The van der Waals surface area contributed by atoms with Gasteiger partial charge in [-0.15, -0.1) is 0 Å². The van der Waals surface area contributed by atoms with Crippen molar-refractivity contribution in [1.82, 2.24) is 5.32 Å². The molecule has 2 unspecified atom stereocenters. The number of nitro benzene ring substituents is 1. The van der Waals surface area contributed by atoms with E-state index in [1.807, 2.05) is 0 Å². The van der Waals surface area contributed by atoms with Crippen LogP contribution in [0, 0.1) is 10.1 Å². The lowest BCUT2D eigenvalue weighted by Crippen LogP contribution is -2.26. The molecule has 2 atom stereocenters. The van der Waals surface area contributed by atoms with Crippen LogP contribution in [-0.4, -0.2) is 28.3 Å². The van der Waals surface area contributed by atoms with Crippen LogP contribution in [0.4, 0.5) is 5.69 Å². The number of nitrogens with one attached hydrogen (secondary N) is 1. The summed E-state index contributed by atoms with van der Waals surface area (Å²) in [5.74, 6) is 0.265. The van der Waals surface area contributed by atoms with Gasteiger partial charge in [-0.1, -0.05) is 6.07 Å². The van der Waals surface area contributed by atoms with E-state index in [9.17, 15) is 15.2 Å². The smallest absolute Gasteiger partial charge is 0.310 e. The van der Waals surface area contributed by atoms with Crippen molar-refractivity contribution in [1.29, 1.82) is 0 Å². The van der Waals surface area contributed by atoms with E-state index in [2.05, 4.69) is 5.32 Å². The molecule has 6 heteroatoms. The average Bonchev–Trinajstić information content (AvgIpc) is 3.20. The van der Waals surface area contributed by atoms with Crippen LogP contribution in [0.25, 0.3) is 0 Å². The molecular weight excluding hydrogens is 272 g/mol. The van der Waals surface area contributed by atoms with Gasteiger partial charge in [0.1, 0.15) is 6.10 Å². The number of benzene rings is 1. The summed E-state index contributed by atoms with van der Waals surface area (Å²) in [5, 5.41) is 24.3. The standard InChI is InChI=1S/C15H20N2O4/c18-13-2-1-3-14(13)21-15-8-10(9-16-11-5-6-11)4-7-12(15)17(19)20/h4,7-8,11,13-14,16,18H,1-3,5-6,9H2. The Hall–Kier alpha value is -1.66. The van der Waals surface area contributed by atoms with Crippen LogP contribution in [-0.2, 0) is 6.54 Å².